The highest BCUT2D eigenvalue weighted by molar-refractivity contribution is 7.09. The summed E-state index contributed by atoms with van der Waals surface area (Å²) in [5.41, 5.74) is 3.75. The number of hydrogen-bond donors (Lipinski definition) is 1. The normalized spacial score (nSPS) is 14.5. The summed E-state index contributed by atoms with van der Waals surface area (Å²) in [6.07, 6.45) is 2.68. The second-order valence-electron chi connectivity index (χ2n) is 5.54. The van der Waals surface area contributed by atoms with Crippen LogP contribution in [0.5, 0.6) is 0 Å². The van der Waals surface area contributed by atoms with Gasteiger partial charge in [-0.05, 0) is 37.5 Å². The van der Waals surface area contributed by atoms with Crippen LogP contribution in [0.15, 0.2) is 29.6 Å². The maximum absolute atomic E-state index is 4.52. The van der Waals surface area contributed by atoms with E-state index < -0.39 is 0 Å². The van der Waals surface area contributed by atoms with Crippen molar-refractivity contribution in [2.45, 2.75) is 38.9 Å². The van der Waals surface area contributed by atoms with Crippen molar-refractivity contribution in [3.63, 3.8) is 0 Å². The van der Waals surface area contributed by atoms with Crippen LogP contribution in [0.3, 0.4) is 0 Å². The van der Waals surface area contributed by atoms with E-state index in [0.29, 0.717) is 0 Å². The molecule has 1 N–H and O–H groups in total. The highest BCUT2D eigenvalue weighted by Crippen LogP contribution is 2.20. The van der Waals surface area contributed by atoms with Crippen molar-refractivity contribution in [3.8, 4) is 0 Å². The van der Waals surface area contributed by atoms with Crippen LogP contribution in [0.1, 0.15) is 29.1 Å². The number of anilines is 1. The SMILES string of the molecule is Cc1nc(CN(C)c2ccc(CNC3CC3)cc2)cs1. The third kappa shape index (κ3) is 3.58. The highest BCUT2D eigenvalue weighted by atomic mass is 32.1. The Labute approximate surface area is 124 Å². The molecule has 0 aliphatic heterocycles. The molecule has 3 rings (SSSR count). The maximum Gasteiger partial charge on any atom is 0.0898 e. The van der Waals surface area contributed by atoms with Crippen molar-refractivity contribution in [1.29, 1.82) is 0 Å². The molecule has 0 spiro atoms. The third-order valence-corrected chi connectivity index (χ3v) is 4.44. The van der Waals surface area contributed by atoms with Gasteiger partial charge < -0.3 is 10.2 Å². The van der Waals surface area contributed by atoms with E-state index in [1.165, 1.54) is 24.1 Å². The molecule has 3 nitrogen and oxygen atoms in total. The van der Waals surface area contributed by atoms with Crippen molar-refractivity contribution in [2.24, 2.45) is 0 Å². The van der Waals surface area contributed by atoms with Gasteiger partial charge in [0, 0.05) is 30.7 Å². The average molecular weight is 287 g/mol. The Kier molecular flexibility index (Phi) is 4.03. The molecule has 0 bridgehead atoms. The summed E-state index contributed by atoms with van der Waals surface area (Å²) in [6, 6.07) is 9.60. The molecule has 2 aromatic rings. The molecule has 1 heterocycles. The number of benzene rings is 1. The first kappa shape index (κ1) is 13.6. The molecule has 1 aromatic carbocycles. The van der Waals surface area contributed by atoms with E-state index in [1.807, 2.05) is 0 Å². The van der Waals surface area contributed by atoms with Crippen LogP contribution >= 0.6 is 11.3 Å². The molecule has 1 aliphatic carbocycles. The molecular formula is C16H21N3S. The Morgan fingerprint density at radius 1 is 1.30 bits per heavy atom. The van der Waals surface area contributed by atoms with E-state index in [4.69, 9.17) is 0 Å². The van der Waals surface area contributed by atoms with E-state index in [1.54, 1.807) is 11.3 Å². The number of thiazole rings is 1. The molecule has 0 unspecified atom stereocenters. The fourth-order valence-corrected chi connectivity index (χ4v) is 2.84. The average Bonchev–Trinajstić information content (AvgIpc) is 3.20. The topological polar surface area (TPSA) is 28.2 Å². The number of nitrogens with zero attached hydrogens (tertiary/aromatic N) is 2. The van der Waals surface area contributed by atoms with Gasteiger partial charge in [-0.1, -0.05) is 12.1 Å². The van der Waals surface area contributed by atoms with Gasteiger partial charge in [0.15, 0.2) is 0 Å². The minimum Gasteiger partial charge on any atom is -0.369 e. The zero-order valence-electron chi connectivity index (χ0n) is 12.1. The molecule has 0 amide bonds. The predicted octanol–water partition coefficient (Wildman–Crippen LogP) is 3.34. The Hall–Kier alpha value is -1.39. The van der Waals surface area contributed by atoms with Gasteiger partial charge >= 0.3 is 0 Å². The molecule has 0 atom stereocenters. The van der Waals surface area contributed by atoms with Gasteiger partial charge in [0.05, 0.1) is 17.2 Å². The van der Waals surface area contributed by atoms with Crippen molar-refractivity contribution in [2.75, 3.05) is 11.9 Å². The monoisotopic (exact) mass is 287 g/mol. The Morgan fingerprint density at radius 3 is 2.65 bits per heavy atom. The van der Waals surface area contributed by atoms with Gasteiger partial charge in [-0.15, -0.1) is 11.3 Å². The molecule has 1 saturated carbocycles. The van der Waals surface area contributed by atoms with E-state index in [2.05, 4.69) is 58.8 Å². The molecule has 0 saturated heterocycles. The summed E-state index contributed by atoms with van der Waals surface area (Å²) >= 11 is 1.71. The summed E-state index contributed by atoms with van der Waals surface area (Å²) < 4.78 is 0. The first-order valence-electron chi connectivity index (χ1n) is 7.15. The largest absolute Gasteiger partial charge is 0.369 e. The van der Waals surface area contributed by atoms with E-state index >= 15 is 0 Å². The molecule has 106 valence electrons. The lowest BCUT2D eigenvalue weighted by atomic mass is 10.2. The lowest BCUT2D eigenvalue weighted by Crippen LogP contribution is -2.17. The Morgan fingerprint density at radius 2 is 2.05 bits per heavy atom. The minimum atomic E-state index is 0.769. The van der Waals surface area contributed by atoms with Gasteiger partial charge in [-0.2, -0.15) is 0 Å². The quantitative estimate of drug-likeness (QED) is 0.883. The lowest BCUT2D eigenvalue weighted by Gasteiger charge is -2.18. The van der Waals surface area contributed by atoms with E-state index in [9.17, 15) is 0 Å². The van der Waals surface area contributed by atoms with Crippen LogP contribution in [-0.2, 0) is 13.1 Å². The van der Waals surface area contributed by atoms with Crippen molar-refractivity contribution in [3.05, 3.63) is 45.9 Å². The Balaban J connectivity index is 1.57. The van der Waals surface area contributed by atoms with Gasteiger partial charge in [0.1, 0.15) is 0 Å². The number of aryl methyl sites for hydroxylation is 1. The van der Waals surface area contributed by atoms with Crippen LogP contribution in [-0.4, -0.2) is 18.1 Å². The molecular weight excluding hydrogens is 266 g/mol. The first-order valence-corrected chi connectivity index (χ1v) is 8.03. The van der Waals surface area contributed by atoms with Crippen LogP contribution in [0.4, 0.5) is 5.69 Å². The van der Waals surface area contributed by atoms with Crippen molar-refractivity contribution < 1.29 is 0 Å². The molecule has 0 radical (unpaired) electrons. The van der Waals surface area contributed by atoms with Crippen LogP contribution in [0.25, 0.3) is 0 Å². The zero-order chi connectivity index (χ0) is 13.9. The third-order valence-electron chi connectivity index (χ3n) is 3.62. The molecule has 4 heteroatoms. The highest BCUT2D eigenvalue weighted by Gasteiger charge is 2.19. The fourth-order valence-electron chi connectivity index (χ4n) is 2.23. The van der Waals surface area contributed by atoms with Crippen molar-refractivity contribution in [1.82, 2.24) is 10.3 Å². The second-order valence-corrected chi connectivity index (χ2v) is 6.60. The fraction of sp³-hybridized carbons (Fsp3) is 0.438. The molecule has 20 heavy (non-hydrogen) atoms. The second kappa shape index (κ2) is 5.94. The number of hydrogen-bond acceptors (Lipinski definition) is 4. The summed E-state index contributed by atoms with van der Waals surface area (Å²) in [6.45, 7) is 3.90. The summed E-state index contributed by atoms with van der Waals surface area (Å²) in [4.78, 5) is 6.76. The zero-order valence-corrected chi connectivity index (χ0v) is 12.9. The van der Waals surface area contributed by atoms with Crippen molar-refractivity contribution >= 4 is 17.0 Å². The van der Waals surface area contributed by atoms with Gasteiger partial charge in [0.25, 0.3) is 0 Å². The lowest BCUT2D eigenvalue weighted by molar-refractivity contribution is 0.688. The molecule has 1 aliphatic rings. The van der Waals surface area contributed by atoms with Gasteiger partial charge in [0.2, 0.25) is 0 Å². The standard InChI is InChI=1S/C16H21N3S/c1-12-18-15(11-20-12)10-19(2)16-7-3-13(4-8-16)9-17-14-5-6-14/h3-4,7-8,11,14,17H,5-6,9-10H2,1-2H3. The number of rotatable bonds is 6. The first-order chi connectivity index (χ1) is 9.70. The maximum atomic E-state index is 4.52. The Bertz CT molecular complexity index is 557. The van der Waals surface area contributed by atoms with E-state index in [0.717, 1.165) is 29.8 Å². The summed E-state index contributed by atoms with van der Waals surface area (Å²) in [5.74, 6) is 0. The van der Waals surface area contributed by atoms with Crippen LogP contribution in [0.2, 0.25) is 0 Å². The van der Waals surface area contributed by atoms with Gasteiger partial charge in [-0.3, -0.25) is 0 Å². The summed E-state index contributed by atoms with van der Waals surface area (Å²) in [7, 11) is 2.12. The molecule has 1 fully saturated rings. The minimum absolute atomic E-state index is 0.769. The van der Waals surface area contributed by atoms with Crippen LogP contribution < -0.4 is 10.2 Å². The smallest absolute Gasteiger partial charge is 0.0898 e. The van der Waals surface area contributed by atoms with Crippen LogP contribution in [0, 0.1) is 6.92 Å². The number of nitrogens with one attached hydrogen (secondary N) is 1. The summed E-state index contributed by atoms with van der Waals surface area (Å²) in [5, 5.41) is 6.81. The molecule has 1 aromatic heterocycles. The van der Waals surface area contributed by atoms with E-state index in [-0.39, 0.29) is 0 Å². The number of aromatic nitrogens is 1. The van der Waals surface area contributed by atoms with Gasteiger partial charge in [-0.25, -0.2) is 4.98 Å². The predicted molar refractivity (Wildman–Crippen MR) is 85.3 cm³/mol.